The quantitative estimate of drug-likeness (QED) is 0.805. The highest BCUT2D eigenvalue weighted by Crippen LogP contribution is 2.29. The van der Waals surface area contributed by atoms with Crippen LogP contribution in [0, 0.1) is 6.92 Å². The van der Waals surface area contributed by atoms with E-state index in [9.17, 15) is 0 Å². The summed E-state index contributed by atoms with van der Waals surface area (Å²) in [7, 11) is 0. The average Bonchev–Trinajstić information content (AvgIpc) is 2.29. The van der Waals surface area contributed by atoms with Crippen molar-refractivity contribution in [3.05, 3.63) is 59.7 Å². The zero-order valence-corrected chi connectivity index (χ0v) is 9.77. The number of aryl methyl sites for hydroxylation is 1. The Labute approximate surface area is 96.9 Å². The van der Waals surface area contributed by atoms with Crippen LogP contribution >= 0.6 is 0 Å². The van der Waals surface area contributed by atoms with Crippen molar-refractivity contribution in [3.63, 3.8) is 0 Å². The molecule has 0 aromatic heterocycles. The molecule has 2 rings (SSSR count). The van der Waals surface area contributed by atoms with Crippen molar-refractivity contribution in [2.24, 2.45) is 5.73 Å². The molecule has 82 valence electrons. The predicted octanol–water partition coefficient (Wildman–Crippen LogP) is 3.68. The van der Waals surface area contributed by atoms with Crippen molar-refractivity contribution < 1.29 is 0 Å². The smallest absolute Gasteiger partial charge is 0.0272 e. The highest BCUT2D eigenvalue weighted by atomic mass is 14.6. The molecule has 0 bridgehead atoms. The maximum atomic E-state index is 6.00. The summed E-state index contributed by atoms with van der Waals surface area (Å²) in [6, 6.07) is 16.8. The highest BCUT2D eigenvalue weighted by molar-refractivity contribution is 5.70. The van der Waals surface area contributed by atoms with Crippen LogP contribution in [0.25, 0.3) is 11.1 Å². The molecule has 16 heavy (non-hydrogen) atoms. The lowest BCUT2D eigenvalue weighted by molar-refractivity contribution is 0.820. The Kier molecular flexibility index (Phi) is 3.07. The SMILES string of the molecule is Cc1ccccc1-c1ccccc1C(C)N. The number of rotatable bonds is 2. The molecular formula is C15H17N. The molecule has 0 saturated carbocycles. The highest BCUT2D eigenvalue weighted by Gasteiger charge is 2.08. The zero-order valence-electron chi connectivity index (χ0n) is 9.77. The monoisotopic (exact) mass is 211 g/mol. The molecule has 0 heterocycles. The van der Waals surface area contributed by atoms with Gasteiger partial charge in [-0.1, -0.05) is 48.5 Å². The molecule has 1 atom stereocenters. The standard InChI is InChI=1S/C15H17N/c1-11-7-3-4-8-13(11)15-10-6-5-9-14(15)12(2)16/h3-10,12H,16H2,1-2H3. The first kappa shape index (κ1) is 10.9. The molecule has 2 aromatic rings. The molecule has 1 heteroatoms. The van der Waals surface area contributed by atoms with E-state index in [0.29, 0.717) is 0 Å². The van der Waals surface area contributed by atoms with Gasteiger partial charge in [-0.05, 0) is 36.1 Å². The summed E-state index contributed by atoms with van der Waals surface area (Å²) in [5.41, 5.74) is 11.0. The summed E-state index contributed by atoms with van der Waals surface area (Å²) in [6.07, 6.45) is 0. The molecule has 0 aliphatic rings. The normalized spacial score (nSPS) is 12.4. The van der Waals surface area contributed by atoms with Gasteiger partial charge in [0.05, 0.1) is 0 Å². The van der Waals surface area contributed by atoms with Crippen LogP contribution in [-0.4, -0.2) is 0 Å². The fourth-order valence-electron chi connectivity index (χ4n) is 2.01. The van der Waals surface area contributed by atoms with Crippen LogP contribution in [0.15, 0.2) is 48.5 Å². The van der Waals surface area contributed by atoms with E-state index in [4.69, 9.17) is 5.73 Å². The summed E-state index contributed by atoms with van der Waals surface area (Å²) in [4.78, 5) is 0. The number of benzene rings is 2. The maximum Gasteiger partial charge on any atom is 0.0272 e. The van der Waals surface area contributed by atoms with Crippen molar-refractivity contribution in [2.45, 2.75) is 19.9 Å². The third-order valence-corrected chi connectivity index (χ3v) is 2.89. The number of nitrogens with two attached hydrogens (primary N) is 1. The Bertz CT molecular complexity index is 486. The van der Waals surface area contributed by atoms with E-state index >= 15 is 0 Å². The molecule has 0 saturated heterocycles. The first-order valence-corrected chi connectivity index (χ1v) is 5.60. The van der Waals surface area contributed by atoms with Gasteiger partial charge in [0, 0.05) is 6.04 Å². The van der Waals surface area contributed by atoms with Crippen molar-refractivity contribution >= 4 is 0 Å². The lowest BCUT2D eigenvalue weighted by Gasteiger charge is -2.14. The Morgan fingerprint density at radius 2 is 1.44 bits per heavy atom. The van der Waals surface area contributed by atoms with E-state index in [-0.39, 0.29) is 6.04 Å². The van der Waals surface area contributed by atoms with Gasteiger partial charge in [-0.15, -0.1) is 0 Å². The molecule has 0 spiro atoms. The van der Waals surface area contributed by atoms with Crippen molar-refractivity contribution in [1.82, 2.24) is 0 Å². The second kappa shape index (κ2) is 4.50. The molecule has 1 unspecified atom stereocenters. The minimum Gasteiger partial charge on any atom is -0.324 e. The summed E-state index contributed by atoms with van der Waals surface area (Å²) < 4.78 is 0. The molecular weight excluding hydrogens is 194 g/mol. The van der Waals surface area contributed by atoms with Crippen LogP contribution in [0.2, 0.25) is 0 Å². The van der Waals surface area contributed by atoms with Gasteiger partial charge in [0.15, 0.2) is 0 Å². The molecule has 2 N–H and O–H groups in total. The van der Waals surface area contributed by atoms with Crippen molar-refractivity contribution in [2.75, 3.05) is 0 Å². The van der Waals surface area contributed by atoms with Crippen LogP contribution in [0.1, 0.15) is 24.1 Å². The minimum atomic E-state index is 0.0656. The van der Waals surface area contributed by atoms with Gasteiger partial charge in [-0.2, -0.15) is 0 Å². The van der Waals surface area contributed by atoms with Gasteiger partial charge in [0.2, 0.25) is 0 Å². The van der Waals surface area contributed by atoms with E-state index in [2.05, 4.69) is 49.4 Å². The van der Waals surface area contributed by atoms with Gasteiger partial charge >= 0.3 is 0 Å². The topological polar surface area (TPSA) is 26.0 Å². The van der Waals surface area contributed by atoms with Crippen molar-refractivity contribution in [3.8, 4) is 11.1 Å². The first-order chi connectivity index (χ1) is 7.70. The average molecular weight is 211 g/mol. The van der Waals surface area contributed by atoms with Crippen LogP contribution in [0.5, 0.6) is 0 Å². The van der Waals surface area contributed by atoms with Crippen LogP contribution in [0.4, 0.5) is 0 Å². The second-order valence-corrected chi connectivity index (χ2v) is 4.19. The first-order valence-electron chi connectivity index (χ1n) is 5.60. The Morgan fingerprint density at radius 1 is 0.875 bits per heavy atom. The molecule has 0 aliphatic carbocycles. The van der Waals surface area contributed by atoms with Gasteiger partial charge in [0.25, 0.3) is 0 Å². The largest absolute Gasteiger partial charge is 0.324 e. The lowest BCUT2D eigenvalue weighted by Crippen LogP contribution is -2.06. The van der Waals surface area contributed by atoms with E-state index < -0.39 is 0 Å². The van der Waals surface area contributed by atoms with E-state index in [1.807, 2.05) is 13.0 Å². The summed E-state index contributed by atoms with van der Waals surface area (Å²) in [5, 5.41) is 0. The van der Waals surface area contributed by atoms with Gasteiger partial charge < -0.3 is 5.73 Å². The third-order valence-electron chi connectivity index (χ3n) is 2.89. The molecule has 0 amide bonds. The molecule has 0 aliphatic heterocycles. The fourth-order valence-corrected chi connectivity index (χ4v) is 2.01. The fraction of sp³-hybridized carbons (Fsp3) is 0.200. The molecule has 0 radical (unpaired) electrons. The Hall–Kier alpha value is -1.60. The second-order valence-electron chi connectivity index (χ2n) is 4.19. The predicted molar refractivity (Wildman–Crippen MR) is 69.2 cm³/mol. The lowest BCUT2D eigenvalue weighted by atomic mass is 9.93. The number of hydrogen-bond acceptors (Lipinski definition) is 1. The van der Waals surface area contributed by atoms with E-state index in [1.54, 1.807) is 0 Å². The minimum absolute atomic E-state index is 0.0656. The zero-order chi connectivity index (χ0) is 11.5. The molecule has 2 aromatic carbocycles. The van der Waals surface area contributed by atoms with Crippen LogP contribution in [0.3, 0.4) is 0 Å². The molecule has 0 fully saturated rings. The Morgan fingerprint density at radius 3 is 2.06 bits per heavy atom. The number of hydrogen-bond donors (Lipinski definition) is 1. The van der Waals surface area contributed by atoms with E-state index in [1.165, 1.54) is 22.3 Å². The summed E-state index contributed by atoms with van der Waals surface area (Å²) in [5.74, 6) is 0. The van der Waals surface area contributed by atoms with E-state index in [0.717, 1.165) is 0 Å². The third kappa shape index (κ3) is 2.00. The maximum absolute atomic E-state index is 6.00. The van der Waals surface area contributed by atoms with Crippen LogP contribution in [-0.2, 0) is 0 Å². The summed E-state index contributed by atoms with van der Waals surface area (Å²) in [6.45, 7) is 4.16. The van der Waals surface area contributed by atoms with Crippen molar-refractivity contribution in [1.29, 1.82) is 0 Å². The van der Waals surface area contributed by atoms with Gasteiger partial charge in [0.1, 0.15) is 0 Å². The summed E-state index contributed by atoms with van der Waals surface area (Å²) >= 11 is 0. The Balaban J connectivity index is 2.60. The van der Waals surface area contributed by atoms with Gasteiger partial charge in [-0.25, -0.2) is 0 Å². The van der Waals surface area contributed by atoms with Crippen LogP contribution < -0.4 is 5.73 Å². The van der Waals surface area contributed by atoms with Gasteiger partial charge in [-0.3, -0.25) is 0 Å². The molecule has 1 nitrogen and oxygen atoms in total.